The molecule has 0 bridgehead atoms. The summed E-state index contributed by atoms with van der Waals surface area (Å²) >= 11 is 0. The Bertz CT molecular complexity index is 229. The molecule has 0 N–H and O–H groups in total. The second-order valence-corrected chi connectivity index (χ2v) is 4.44. The standard InChI is InChI=1S/C11H16O/c1-11-7-3-2-5-9(11)10(12)6-4-8-11/h2-3,9H,4-8H2,1H3/t9-,11-/m1/s1. The minimum Gasteiger partial charge on any atom is -0.299 e. The molecule has 2 atom stereocenters. The predicted octanol–water partition coefficient (Wildman–Crippen LogP) is 2.71. The van der Waals surface area contributed by atoms with Crippen molar-refractivity contribution in [3.8, 4) is 0 Å². The average Bonchev–Trinajstić information content (AvgIpc) is 2.04. The van der Waals surface area contributed by atoms with Crippen molar-refractivity contribution in [2.45, 2.75) is 39.0 Å². The van der Waals surface area contributed by atoms with Gasteiger partial charge in [0, 0.05) is 12.3 Å². The van der Waals surface area contributed by atoms with Crippen molar-refractivity contribution in [2.24, 2.45) is 11.3 Å². The van der Waals surface area contributed by atoms with Gasteiger partial charge in [0.1, 0.15) is 5.78 Å². The molecule has 1 fully saturated rings. The number of fused-ring (bicyclic) bond motifs is 1. The topological polar surface area (TPSA) is 17.1 Å². The van der Waals surface area contributed by atoms with E-state index >= 15 is 0 Å². The number of carbonyl (C=O) groups excluding carboxylic acids is 1. The summed E-state index contributed by atoms with van der Waals surface area (Å²) in [6.07, 6.45) is 9.71. The minimum absolute atomic E-state index is 0.310. The number of allylic oxidation sites excluding steroid dienone is 2. The lowest BCUT2D eigenvalue weighted by Crippen LogP contribution is -2.38. The van der Waals surface area contributed by atoms with Gasteiger partial charge >= 0.3 is 0 Å². The molecule has 1 heteroatoms. The highest BCUT2D eigenvalue weighted by Crippen LogP contribution is 2.46. The predicted molar refractivity (Wildman–Crippen MR) is 48.8 cm³/mol. The van der Waals surface area contributed by atoms with Gasteiger partial charge in [-0.3, -0.25) is 4.79 Å². The summed E-state index contributed by atoms with van der Waals surface area (Å²) < 4.78 is 0. The van der Waals surface area contributed by atoms with Gasteiger partial charge < -0.3 is 0 Å². The Morgan fingerprint density at radius 2 is 2.33 bits per heavy atom. The van der Waals surface area contributed by atoms with Crippen molar-refractivity contribution in [3.05, 3.63) is 12.2 Å². The summed E-state index contributed by atoms with van der Waals surface area (Å²) in [4.78, 5) is 11.6. The Balaban J connectivity index is 2.25. The van der Waals surface area contributed by atoms with Crippen LogP contribution in [-0.4, -0.2) is 5.78 Å². The SMILES string of the molecule is C[C@]12CC=CC[C@@H]1C(=O)CCC2. The molecule has 66 valence electrons. The summed E-state index contributed by atoms with van der Waals surface area (Å²) in [6.45, 7) is 2.28. The van der Waals surface area contributed by atoms with Gasteiger partial charge in [-0.1, -0.05) is 19.1 Å². The van der Waals surface area contributed by atoms with E-state index in [1.807, 2.05) is 0 Å². The highest BCUT2D eigenvalue weighted by Gasteiger charge is 2.41. The first-order valence-corrected chi connectivity index (χ1v) is 4.90. The normalized spacial score (nSPS) is 41.1. The highest BCUT2D eigenvalue weighted by atomic mass is 16.1. The molecule has 2 rings (SSSR count). The van der Waals surface area contributed by atoms with E-state index in [2.05, 4.69) is 19.1 Å². The van der Waals surface area contributed by atoms with Crippen LogP contribution < -0.4 is 0 Å². The van der Waals surface area contributed by atoms with Gasteiger partial charge in [-0.15, -0.1) is 0 Å². The minimum atomic E-state index is 0.310. The van der Waals surface area contributed by atoms with E-state index in [1.165, 1.54) is 6.42 Å². The van der Waals surface area contributed by atoms with E-state index in [0.717, 1.165) is 25.7 Å². The summed E-state index contributed by atoms with van der Waals surface area (Å²) in [5.74, 6) is 0.851. The molecule has 0 radical (unpaired) electrons. The van der Waals surface area contributed by atoms with Crippen LogP contribution in [0.25, 0.3) is 0 Å². The molecule has 0 unspecified atom stereocenters. The molecule has 0 amide bonds. The number of Topliss-reactive ketones (excluding diaryl/α,β-unsaturated/α-hetero) is 1. The van der Waals surface area contributed by atoms with Crippen LogP contribution in [0.2, 0.25) is 0 Å². The van der Waals surface area contributed by atoms with Gasteiger partial charge in [-0.25, -0.2) is 0 Å². The van der Waals surface area contributed by atoms with Crippen LogP contribution >= 0.6 is 0 Å². The number of hydrogen-bond acceptors (Lipinski definition) is 1. The van der Waals surface area contributed by atoms with Crippen LogP contribution in [0, 0.1) is 11.3 Å². The van der Waals surface area contributed by atoms with Crippen molar-refractivity contribution in [3.63, 3.8) is 0 Å². The lowest BCUT2D eigenvalue weighted by Gasteiger charge is -2.41. The van der Waals surface area contributed by atoms with E-state index in [4.69, 9.17) is 0 Å². The summed E-state index contributed by atoms with van der Waals surface area (Å²) in [7, 11) is 0. The second-order valence-electron chi connectivity index (χ2n) is 4.44. The Morgan fingerprint density at radius 1 is 1.50 bits per heavy atom. The van der Waals surface area contributed by atoms with Crippen LogP contribution in [0.5, 0.6) is 0 Å². The lowest BCUT2D eigenvalue weighted by molar-refractivity contribution is -0.130. The van der Waals surface area contributed by atoms with Crippen molar-refractivity contribution < 1.29 is 4.79 Å². The zero-order valence-electron chi connectivity index (χ0n) is 7.68. The van der Waals surface area contributed by atoms with Crippen molar-refractivity contribution in [1.29, 1.82) is 0 Å². The first-order valence-electron chi connectivity index (χ1n) is 4.90. The third-order valence-corrected chi connectivity index (χ3v) is 3.52. The fourth-order valence-electron chi connectivity index (χ4n) is 2.65. The Kier molecular flexibility index (Phi) is 1.82. The van der Waals surface area contributed by atoms with Gasteiger partial charge in [0.2, 0.25) is 0 Å². The molecule has 0 spiro atoms. The summed E-state index contributed by atoms with van der Waals surface area (Å²) in [6, 6.07) is 0. The maximum Gasteiger partial charge on any atom is 0.136 e. The zero-order valence-corrected chi connectivity index (χ0v) is 7.68. The molecular formula is C11H16O. The molecule has 0 saturated heterocycles. The molecule has 2 aliphatic rings. The fraction of sp³-hybridized carbons (Fsp3) is 0.727. The van der Waals surface area contributed by atoms with E-state index in [9.17, 15) is 4.79 Å². The van der Waals surface area contributed by atoms with Gasteiger partial charge in [0.15, 0.2) is 0 Å². The molecule has 0 aromatic rings. The Hall–Kier alpha value is -0.590. The van der Waals surface area contributed by atoms with Gasteiger partial charge in [-0.2, -0.15) is 0 Å². The third-order valence-electron chi connectivity index (χ3n) is 3.52. The van der Waals surface area contributed by atoms with E-state index in [0.29, 0.717) is 17.1 Å². The lowest BCUT2D eigenvalue weighted by atomic mass is 9.62. The number of rotatable bonds is 0. The second kappa shape index (κ2) is 2.72. The van der Waals surface area contributed by atoms with E-state index < -0.39 is 0 Å². The van der Waals surface area contributed by atoms with Crippen LogP contribution in [0.3, 0.4) is 0 Å². The summed E-state index contributed by atoms with van der Waals surface area (Å²) in [5.41, 5.74) is 0.310. The third kappa shape index (κ3) is 1.12. The quantitative estimate of drug-likeness (QED) is 0.503. The molecule has 0 aliphatic heterocycles. The molecule has 1 saturated carbocycles. The molecule has 12 heavy (non-hydrogen) atoms. The molecule has 1 nitrogen and oxygen atoms in total. The van der Waals surface area contributed by atoms with Gasteiger partial charge in [0.25, 0.3) is 0 Å². The first-order chi connectivity index (χ1) is 5.72. The molecule has 0 heterocycles. The van der Waals surface area contributed by atoms with Gasteiger partial charge in [-0.05, 0) is 31.1 Å². The number of carbonyl (C=O) groups is 1. The monoisotopic (exact) mass is 164 g/mol. The van der Waals surface area contributed by atoms with Crippen LogP contribution in [0.4, 0.5) is 0 Å². The van der Waals surface area contributed by atoms with Crippen molar-refractivity contribution in [1.82, 2.24) is 0 Å². The van der Waals surface area contributed by atoms with Crippen molar-refractivity contribution in [2.75, 3.05) is 0 Å². The smallest absolute Gasteiger partial charge is 0.136 e. The number of ketones is 1. The molecule has 2 aliphatic carbocycles. The first kappa shape index (κ1) is 8.03. The largest absolute Gasteiger partial charge is 0.299 e. The molecule has 0 aromatic heterocycles. The van der Waals surface area contributed by atoms with Crippen molar-refractivity contribution >= 4 is 5.78 Å². The molecular weight excluding hydrogens is 148 g/mol. The highest BCUT2D eigenvalue weighted by molar-refractivity contribution is 5.83. The van der Waals surface area contributed by atoms with Crippen LogP contribution in [0.15, 0.2) is 12.2 Å². The number of hydrogen-bond donors (Lipinski definition) is 0. The maximum atomic E-state index is 11.6. The van der Waals surface area contributed by atoms with Crippen LogP contribution in [-0.2, 0) is 4.79 Å². The van der Waals surface area contributed by atoms with Crippen LogP contribution in [0.1, 0.15) is 39.0 Å². The fourth-order valence-corrected chi connectivity index (χ4v) is 2.65. The molecule has 0 aromatic carbocycles. The average molecular weight is 164 g/mol. The summed E-state index contributed by atoms with van der Waals surface area (Å²) in [5, 5.41) is 0. The van der Waals surface area contributed by atoms with E-state index in [-0.39, 0.29) is 0 Å². The Morgan fingerprint density at radius 3 is 3.08 bits per heavy atom. The zero-order chi connectivity index (χ0) is 8.60. The Labute approximate surface area is 73.8 Å². The van der Waals surface area contributed by atoms with Gasteiger partial charge in [0.05, 0.1) is 0 Å². The van der Waals surface area contributed by atoms with E-state index in [1.54, 1.807) is 0 Å². The maximum absolute atomic E-state index is 11.6.